The Bertz CT molecular complexity index is 618. The summed E-state index contributed by atoms with van der Waals surface area (Å²) in [5.74, 6) is 1.06. The molecular weight excluding hydrogens is 276 g/mol. The molecule has 118 valence electrons. The number of likely N-dealkylation sites (N-methyl/N-ethyl adjacent to an activating group) is 1. The van der Waals surface area contributed by atoms with Gasteiger partial charge in [-0.2, -0.15) is 0 Å². The quantitative estimate of drug-likeness (QED) is 0.915. The van der Waals surface area contributed by atoms with Crippen LogP contribution in [0, 0.1) is 0 Å². The highest BCUT2D eigenvalue weighted by molar-refractivity contribution is 6.01. The van der Waals surface area contributed by atoms with E-state index in [4.69, 9.17) is 4.74 Å². The molecule has 1 aliphatic rings. The van der Waals surface area contributed by atoms with Gasteiger partial charge in [0.1, 0.15) is 5.82 Å². The van der Waals surface area contributed by atoms with E-state index in [1.807, 2.05) is 6.20 Å². The second kappa shape index (κ2) is 6.94. The summed E-state index contributed by atoms with van der Waals surface area (Å²) < 4.78 is 5.46. The molecule has 0 amide bonds. The Morgan fingerprint density at radius 3 is 2.82 bits per heavy atom. The maximum absolute atomic E-state index is 5.46. The number of morpholine rings is 1. The zero-order valence-corrected chi connectivity index (χ0v) is 13.4. The molecule has 0 radical (unpaired) electrons. The van der Waals surface area contributed by atoms with Gasteiger partial charge in [-0.15, -0.1) is 0 Å². The number of hydrogen-bond donors (Lipinski definition) is 1. The van der Waals surface area contributed by atoms with E-state index >= 15 is 0 Å². The molecule has 1 N–H and O–H groups in total. The van der Waals surface area contributed by atoms with Gasteiger partial charge in [-0.25, -0.2) is 4.98 Å². The summed E-state index contributed by atoms with van der Waals surface area (Å²) in [6, 6.07) is 8.47. The second-order valence-electron chi connectivity index (χ2n) is 5.87. The monoisotopic (exact) mass is 300 g/mol. The maximum Gasteiger partial charge on any atom is 0.138 e. The molecule has 0 saturated carbocycles. The lowest BCUT2D eigenvalue weighted by molar-refractivity contribution is 0.122. The molecule has 2 heterocycles. The summed E-state index contributed by atoms with van der Waals surface area (Å²) in [4.78, 5) is 9.16. The molecule has 0 spiro atoms. The molecule has 1 aromatic heterocycles. The molecule has 1 aromatic carbocycles. The van der Waals surface area contributed by atoms with E-state index in [1.54, 1.807) is 0 Å². The third-order valence-corrected chi connectivity index (χ3v) is 3.96. The second-order valence-corrected chi connectivity index (χ2v) is 5.87. The SMILES string of the molecule is CN(C)CCNc1cccc2ccnc(N3CCOCC3)c12. The highest BCUT2D eigenvalue weighted by Gasteiger charge is 2.16. The Kier molecular flexibility index (Phi) is 4.75. The highest BCUT2D eigenvalue weighted by atomic mass is 16.5. The van der Waals surface area contributed by atoms with Crippen molar-refractivity contribution in [3.05, 3.63) is 30.5 Å². The molecule has 5 heteroatoms. The molecule has 0 unspecified atom stereocenters. The van der Waals surface area contributed by atoms with Crippen molar-refractivity contribution in [1.29, 1.82) is 0 Å². The van der Waals surface area contributed by atoms with Crippen molar-refractivity contribution in [2.75, 3.05) is 63.7 Å². The molecule has 0 atom stereocenters. The number of anilines is 2. The summed E-state index contributed by atoms with van der Waals surface area (Å²) in [5, 5.41) is 6.00. The molecule has 22 heavy (non-hydrogen) atoms. The Labute approximate surface area is 131 Å². The van der Waals surface area contributed by atoms with Crippen LogP contribution in [0.2, 0.25) is 0 Å². The summed E-state index contributed by atoms with van der Waals surface area (Å²) in [6.07, 6.45) is 1.90. The first kappa shape index (κ1) is 15.1. The predicted octanol–water partition coefficient (Wildman–Crippen LogP) is 2.04. The highest BCUT2D eigenvalue weighted by Crippen LogP contribution is 2.31. The molecule has 3 rings (SSSR count). The van der Waals surface area contributed by atoms with Gasteiger partial charge in [0, 0.05) is 43.4 Å². The summed E-state index contributed by atoms with van der Waals surface area (Å²) in [7, 11) is 4.18. The number of benzene rings is 1. The van der Waals surface area contributed by atoms with E-state index < -0.39 is 0 Å². The van der Waals surface area contributed by atoms with Crippen molar-refractivity contribution in [2.45, 2.75) is 0 Å². The number of hydrogen-bond acceptors (Lipinski definition) is 5. The van der Waals surface area contributed by atoms with Gasteiger partial charge in [-0.05, 0) is 31.6 Å². The van der Waals surface area contributed by atoms with Gasteiger partial charge in [0.05, 0.1) is 13.2 Å². The van der Waals surface area contributed by atoms with Crippen LogP contribution in [-0.2, 0) is 4.74 Å². The summed E-state index contributed by atoms with van der Waals surface area (Å²) >= 11 is 0. The van der Waals surface area contributed by atoms with Crippen molar-refractivity contribution < 1.29 is 4.74 Å². The van der Waals surface area contributed by atoms with Crippen molar-refractivity contribution in [2.24, 2.45) is 0 Å². The molecule has 1 saturated heterocycles. The van der Waals surface area contributed by atoms with Crippen LogP contribution in [-0.4, -0.2) is 63.4 Å². The molecule has 0 bridgehead atoms. The number of aromatic nitrogens is 1. The van der Waals surface area contributed by atoms with Gasteiger partial charge >= 0.3 is 0 Å². The number of pyridine rings is 1. The standard InChI is InChI=1S/C17H24N4O/c1-20(2)9-8-18-15-5-3-4-14-6-7-19-17(16(14)15)21-10-12-22-13-11-21/h3-7,18H,8-13H2,1-2H3. The Balaban J connectivity index is 1.93. The lowest BCUT2D eigenvalue weighted by Gasteiger charge is -2.29. The minimum Gasteiger partial charge on any atom is -0.383 e. The Hall–Kier alpha value is -1.85. The first-order valence-electron chi connectivity index (χ1n) is 7.85. The van der Waals surface area contributed by atoms with Crippen molar-refractivity contribution in [3.8, 4) is 0 Å². The lowest BCUT2D eigenvalue weighted by atomic mass is 10.1. The van der Waals surface area contributed by atoms with Gasteiger partial charge in [-0.3, -0.25) is 0 Å². The van der Waals surface area contributed by atoms with Gasteiger partial charge in [-0.1, -0.05) is 12.1 Å². The van der Waals surface area contributed by atoms with Gasteiger partial charge in [0.25, 0.3) is 0 Å². The van der Waals surface area contributed by atoms with Gasteiger partial charge < -0.3 is 19.9 Å². The molecule has 0 aliphatic carbocycles. The molecule has 5 nitrogen and oxygen atoms in total. The van der Waals surface area contributed by atoms with Crippen LogP contribution < -0.4 is 10.2 Å². The lowest BCUT2D eigenvalue weighted by Crippen LogP contribution is -2.36. The van der Waals surface area contributed by atoms with E-state index in [0.29, 0.717) is 0 Å². The number of nitrogens with one attached hydrogen (secondary N) is 1. The molecular formula is C17H24N4O. The molecule has 2 aromatic rings. The van der Waals surface area contributed by atoms with Crippen molar-refractivity contribution in [1.82, 2.24) is 9.88 Å². The van der Waals surface area contributed by atoms with Crippen LogP contribution in [0.15, 0.2) is 30.5 Å². The first-order valence-corrected chi connectivity index (χ1v) is 7.85. The van der Waals surface area contributed by atoms with Crippen LogP contribution >= 0.6 is 0 Å². The molecule has 1 fully saturated rings. The fourth-order valence-electron chi connectivity index (χ4n) is 2.79. The number of rotatable bonds is 5. The van der Waals surface area contributed by atoms with E-state index in [1.165, 1.54) is 10.8 Å². The Morgan fingerprint density at radius 2 is 2.05 bits per heavy atom. The minimum atomic E-state index is 0.772. The number of ether oxygens (including phenoxy) is 1. The predicted molar refractivity (Wildman–Crippen MR) is 91.8 cm³/mol. The summed E-state index contributed by atoms with van der Waals surface area (Å²) in [6.45, 7) is 5.27. The van der Waals surface area contributed by atoms with Crippen LogP contribution in [0.1, 0.15) is 0 Å². The average molecular weight is 300 g/mol. The minimum absolute atomic E-state index is 0.772. The van der Waals surface area contributed by atoms with Crippen molar-refractivity contribution in [3.63, 3.8) is 0 Å². The fourth-order valence-corrected chi connectivity index (χ4v) is 2.79. The smallest absolute Gasteiger partial charge is 0.138 e. The van der Waals surface area contributed by atoms with E-state index in [-0.39, 0.29) is 0 Å². The zero-order chi connectivity index (χ0) is 15.4. The van der Waals surface area contributed by atoms with Gasteiger partial charge in [0.2, 0.25) is 0 Å². The van der Waals surface area contributed by atoms with Crippen LogP contribution in [0.3, 0.4) is 0 Å². The van der Waals surface area contributed by atoms with E-state index in [9.17, 15) is 0 Å². The molecule has 1 aliphatic heterocycles. The third-order valence-electron chi connectivity index (χ3n) is 3.96. The fraction of sp³-hybridized carbons (Fsp3) is 0.471. The van der Waals surface area contributed by atoms with Gasteiger partial charge in [0.15, 0.2) is 0 Å². The topological polar surface area (TPSA) is 40.6 Å². The zero-order valence-electron chi connectivity index (χ0n) is 13.4. The van der Waals surface area contributed by atoms with Crippen LogP contribution in [0.5, 0.6) is 0 Å². The van der Waals surface area contributed by atoms with Crippen molar-refractivity contribution >= 4 is 22.3 Å². The average Bonchev–Trinajstić information content (AvgIpc) is 2.55. The maximum atomic E-state index is 5.46. The van der Waals surface area contributed by atoms with E-state index in [2.05, 4.69) is 58.5 Å². The van der Waals surface area contributed by atoms with Crippen LogP contribution in [0.4, 0.5) is 11.5 Å². The third kappa shape index (κ3) is 3.31. The van der Waals surface area contributed by atoms with Crippen LogP contribution in [0.25, 0.3) is 10.8 Å². The largest absolute Gasteiger partial charge is 0.383 e. The number of nitrogens with zero attached hydrogens (tertiary/aromatic N) is 3. The Morgan fingerprint density at radius 1 is 1.23 bits per heavy atom. The first-order chi connectivity index (χ1) is 10.8. The van der Waals surface area contributed by atoms with E-state index in [0.717, 1.165) is 50.9 Å². The normalized spacial score (nSPS) is 15.5. The summed E-state index contributed by atoms with van der Waals surface area (Å²) in [5.41, 5.74) is 1.16. The number of fused-ring (bicyclic) bond motifs is 1.